The van der Waals surface area contributed by atoms with Crippen LogP contribution in [0.4, 0.5) is 8.78 Å². The molecule has 5 rings (SSSR count). The van der Waals surface area contributed by atoms with Crippen molar-refractivity contribution in [2.75, 3.05) is 0 Å². The van der Waals surface area contributed by atoms with Gasteiger partial charge < -0.3 is 9.42 Å². The van der Waals surface area contributed by atoms with E-state index in [-0.39, 0.29) is 28.8 Å². The Balaban J connectivity index is 1.56. The zero-order valence-electron chi connectivity index (χ0n) is 19.3. The molecule has 4 aromatic rings. The Kier molecular flexibility index (Phi) is 5.11. The first kappa shape index (κ1) is 22.0. The Morgan fingerprint density at radius 2 is 1.88 bits per heavy atom. The van der Waals surface area contributed by atoms with Gasteiger partial charge in [-0.15, -0.1) is 0 Å². The molecule has 34 heavy (non-hydrogen) atoms. The van der Waals surface area contributed by atoms with Gasteiger partial charge in [-0.2, -0.15) is 5.10 Å². The monoisotopic (exact) mass is 462 g/mol. The number of carbonyl (C=O) groups excluding carboxylic acids is 1. The third-order valence-corrected chi connectivity index (χ3v) is 6.85. The topological polar surface area (TPSA) is 64.2 Å². The number of nitrogens with zero attached hydrogens (tertiary/aromatic N) is 4. The predicted molar refractivity (Wildman–Crippen MR) is 122 cm³/mol. The molecule has 8 heteroatoms. The summed E-state index contributed by atoms with van der Waals surface area (Å²) in [6, 6.07) is 12.7. The number of rotatable bonds is 3. The van der Waals surface area contributed by atoms with Crippen molar-refractivity contribution in [1.82, 2.24) is 19.8 Å². The number of benzene rings is 2. The maximum Gasteiger partial charge on any atom is 0.276 e. The Morgan fingerprint density at radius 3 is 2.59 bits per heavy atom. The number of fused-ring (bicyclic) bond motifs is 1. The number of aryl methyl sites for hydroxylation is 1. The lowest BCUT2D eigenvalue weighted by molar-refractivity contribution is 0.0430. The highest BCUT2D eigenvalue weighted by Gasteiger charge is 2.46. The summed E-state index contributed by atoms with van der Waals surface area (Å²) in [6.45, 7) is 6.46. The summed E-state index contributed by atoms with van der Waals surface area (Å²) in [5.74, 6) is -1.85. The number of hydrogen-bond acceptors (Lipinski definition) is 4. The summed E-state index contributed by atoms with van der Waals surface area (Å²) in [4.78, 5) is 15.5. The van der Waals surface area contributed by atoms with E-state index in [9.17, 15) is 13.6 Å². The molecule has 1 unspecified atom stereocenters. The molecule has 2 aromatic carbocycles. The Bertz CT molecular complexity index is 1410. The molecule has 0 saturated heterocycles. The van der Waals surface area contributed by atoms with Gasteiger partial charge in [-0.25, -0.2) is 8.78 Å². The second kappa shape index (κ2) is 7.90. The normalized spacial score (nSPS) is 17.0. The van der Waals surface area contributed by atoms with Crippen LogP contribution in [0.1, 0.15) is 52.6 Å². The molecule has 0 fully saturated rings. The average molecular weight is 463 g/mol. The molecule has 174 valence electrons. The van der Waals surface area contributed by atoms with E-state index in [0.29, 0.717) is 6.54 Å². The van der Waals surface area contributed by atoms with E-state index >= 15 is 0 Å². The molecule has 0 N–H and O–H groups in total. The number of halogens is 2. The Hall–Kier alpha value is -3.81. The number of aromatic nitrogens is 3. The van der Waals surface area contributed by atoms with E-state index in [1.165, 1.54) is 12.1 Å². The fourth-order valence-corrected chi connectivity index (χ4v) is 4.88. The van der Waals surface area contributed by atoms with Crippen LogP contribution in [0.5, 0.6) is 0 Å². The van der Waals surface area contributed by atoms with Crippen molar-refractivity contribution < 1.29 is 18.1 Å². The van der Waals surface area contributed by atoms with Crippen LogP contribution in [0.15, 0.2) is 59.3 Å². The molecule has 0 radical (unpaired) electrons. The van der Waals surface area contributed by atoms with Crippen molar-refractivity contribution >= 4 is 5.91 Å². The maximum atomic E-state index is 14.2. The zero-order valence-corrected chi connectivity index (χ0v) is 19.3. The van der Waals surface area contributed by atoms with E-state index in [1.54, 1.807) is 4.90 Å². The predicted octanol–water partition coefficient (Wildman–Crippen LogP) is 5.23. The van der Waals surface area contributed by atoms with Gasteiger partial charge in [0.05, 0.1) is 11.8 Å². The lowest BCUT2D eigenvalue weighted by Gasteiger charge is -2.48. The maximum absolute atomic E-state index is 14.2. The second-order valence-electron chi connectivity index (χ2n) is 9.19. The number of carbonyl (C=O) groups is 1. The summed E-state index contributed by atoms with van der Waals surface area (Å²) in [5.41, 5.74) is 3.75. The van der Waals surface area contributed by atoms with E-state index < -0.39 is 17.2 Å². The van der Waals surface area contributed by atoms with Crippen molar-refractivity contribution in [3.63, 3.8) is 0 Å². The van der Waals surface area contributed by atoms with Gasteiger partial charge in [0.15, 0.2) is 11.5 Å². The largest absolute Gasteiger partial charge is 0.355 e. The molecule has 0 saturated carbocycles. The molecule has 0 aliphatic carbocycles. The molecule has 3 heterocycles. The lowest BCUT2D eigenvalue weighted by Crippen LogP contribution is -2.54. The summed E-state index contributed by atoms with van der Waals surface area (Å²) in [5, 5.41) is 8.36. The third kappa shape index (κ3) is 3.41. The SMILES string of the molecule is Cc1c(C2c3ccccc3CN(C(=O)c3cc(-c4ccc(F)cc4F)on3)C2(C)C)cnn1C. The van der Waals surface area contributed by atoms with Crippen LogP contribution in [0.3, 0.4) is 0 Å². The van der Waals surface area contributed by atoms with Crippen LogP contribution in [-0.4, -0.2) is 31.3 Å². The summed E-state index contributed by atoms with van der Waals surface area (Å²) >= 11 is 0. The van der Waals surface area contributed by atoms with Crippen molar-refractivity contribution in [2.45, 2.75) is 38.8 Å². The molecular formula is C26H24F2N4O2. The molecule has 6 nitrogen and oxygen atoms in total. The molecular weight excluding hydrogens is 438 g/mol. The molecule has 2 aromatic heterocycles. The van der Waals surface area contributed by atoms with Crippen LogP contribution in [0, 0.1) is 18.6 Å². The number of hydrogen-bond donors (Lipinski definition) is 0. The summed E-state index contributed by atoms with van der Waals surface area (Å²) in [6.07, 6.45) is 1.86. The van der Waals surface area contributed by atoms with Crippen molar-refractivity contribution in [1.29, 1.82) is 0 Å². The smallest absolute Gasteiger partial charge is 0.276 e. The van der Waals surface area contributed by atoms with Crippen LogP contribution in [0.2, 0.25) is 0 Å². The van der Waals surface area contributed by atoms with Crippen LogP contribution >= 0.6 is 0 Å². The molecule has 0 bridgehead atoms. The fraction of sp³-hybridized carbons (Fsp3) is 0.269. The van der Waals surface area contributed by atoms with Gasteiger partial charge in [0.25, 0.3) is 5.91 Å². The van der Waals surface area contributed by atoms with E-state index in [4.69, 9.17) is 4.52 Å². The third-order valence-electron chi connectivity index (χ3n) is 6.85. The van der Waals surface area contributed by atoms with Crippen LogP contribution in [-0.2, 0) is 13.6 Å². The first-order valence-electron chi connectivity index (χ1n) is 11.0. The van der Waals surface area contributed by atoms with Gasteiger partial charge >= 0.3 is 0 Å². The van der Waals surface area contributed by atoms with Gasteiger partial charge in [-0.05, 0) is 44.0 Å². The van der Waals surface area contributed by atoms with Crippen LogP contribution in [0.25, 0.3) is 11.3 Å². The van der Waals surface area contributed by atoms with Gasteiger partial charge in [-0.3, -0.25) is 9.48 Å². The highest BCUT2D eigenvalue weighted by molar-refractivity contribution is 5.94. The highest BCUT2D eigenvalue weighted by atomic mass is 19.1. The number of amides is 1. The van der Waals surface area contributed by atoms with Gasteiger partial charge in [0.1, 0.15) is 11.6 Å². The first-order valence-corrected chi connectivity index (χ1v) is 11.0. The summed E-state index contributed by atoms with van der Waals surface area (Å²) in [7, 11) is 1.90. The van der Waals surface area contributed by atoms with Crippen molar-refractivity contribution in [2.24, 2.45) is 7.05 Å². The van der Waals surface area contributed by atoms with E-state index in [2.05, 4.69) is 16.3 Å². The van der Waals surface area contributed by atoms with E-state index in [1.807, 2.05) is 56.9 Å². The standard InChI is InChI=1S/C26H24F2N4O2/c1-15-20(13-29-31(15)4)24-18-8-6-5-7-16(18)14-32(26(24,2)3)25(33)22-12-23(34-30-22)19-10-9-17(27)11-21(19)28/h5-13,24H,14H2,1-4H3. The van der Waals surface area contributed by atoms with Crippen molar-refractivity contribution in [3.05, 3.63) is 94.4 Å². The first-order chi connectivity index (χ1) is 16.2. The van der Waals surface area contributed by atoms with E-state index in [0.717, 1.165) is 34.5 Å². The molecule has 1 aliphatic heterocycles. The molecule has 0 spiro atoms. The second-order valence-corrected chi connectivity index (χ2v) is 9.19. The Morgan fingerprint density at radius 1 is 1.12 bits per heavy atom. The summed E-state index contributed by atoms with van der Waals surface area (Å²) < 4.78 is 34.6. The zero-order chi connectivity index (χ0) is 24.2. The quantitative estimate of drug-likeness (QED) is 0.418. The minimum atomic E-state index is -0.783. The van der Waals surface area contributed by atoms with Crippen LogP contribution < -0.4 is 0 Å². The fourth-order valence-electron chi connectivity index (χ4n) is 4.88. The lowest BCUT2D eigenvalue weighted by atomic mass is 9.71. The minimum absolute atomic E-state index is 0.0417. The minimum Gasteiger partial charge on any atom is -0.355 e. The Labute approximate surface area is 195 Å². The molecule has 1 atom stereocenters. The van der Waals surface area contributed by atoms with Gasteiger partial charge in [0.2, 0.25) is 0 Å². The molecule has 1 amide bonds. The molecule has 1 aliphatic rings. The van der Waals surface area contributed by atoms with Crippen molar-refractivity contribution in [3.8, 4) is 11.3 Å². The van der Waals surface area contributed by atoms with Gasteiger partial charge in [-0.1, -0.05) is 29.4 Å². The highest BCUT2D eigenvalue weighted by Crippen LogP contribution is 2.46. The average Bonchev–Trinajstić information content (AvgIpc) is 3.40. The van der Waals surface area contributed by atoms with Gasteiger partial charge in [0, 0.05) is 48.4 Å².